The molecule has 0 aliphatic carbocycles. The van der Waals surface area contributed by atoms with E-state index in [1.54, 1.807) is 13.3 Å². The van der Waals surface area contributed by atoms with Crippen LogP contribution >= 0.6 is 0 Å². The predicted octanol–water partition coefficient (Wildman–Crippen LogP) is 3.62. The monoisotopic (exact) mass is 355 g/mol. The van der Waals surface area contributed by atoms with Crippen molar-refractivity contribution in [2.24, 2.45) is 11.8 Å². The number of benzene rings is 1. The number of hydrogen-bond donors (Lipinski definition) is 1. The van der Waals surface area contributed by atoms with E-state index in [1.807, 2.05) is 12.1 Å². The highest BCUT2D eigenvalue weighted by Crippen LogP contribution is 2.34. The highest BCUT2D eigenvalue weighted by molar-refractivity contribution is 5.95. The molecule has 3 rings (SSSR count). The summed E-state index contributed by atoms with van der Waals surface area (Å²) in [5.41, 5.74) is 2.04. The molecule has 26 heavy (non-hydrogen) atoms. The lowest BCUT2D eigenvalue weighted by Gasteiger charge is -2.39. The van der Waals surface area contributed by atoms with Crippen LogP contribution in [0.2, 0.25) is 0 Å². The zero-order valence-corrected chi connectivity index (χ0v) is 16.2. The minimum Gasteiger partial charge on any atom is -0.494 e. The highest BCUT2D eigenvalue weighted by atomic mass is 16.5. The largest absolute Gasteiger partial charge is 0.494 e. The molecule has 1 aliphatic rings. The number of pyridine rings is 1. The summed E-state index contributed by atoms with van der Waals surface area (Å²) in [7, 11) is 1.67. The van der Waals surface area contributed by atoms with Crippen molar-refractivity contribution in [3.63, 3.8) is 0 Å². The number of anilines is 1. The van der Waals surface area contributed by atoms with E-state index in [9.17, 15) is 4.79 Å². The van der Waals surface area contributed by atoms with Crippen LogP contribution in [0.4, 0.5) is 5.69 Å². The Kier molecular flexibility index (Phi) is 5.64. The normalized spacial score (nSPS) is 20.4. The molecule has 1 fully saturated rings. The number of piperidine rings is 1. The van der Waals surface area contributed by atoms with Crippen molar-refractivity contribution in [1.29, 1.82) is 0 Å². The number of methoxy groups -OCH3 is 1. The van der Waals surface area contributed by atoms with Gasteiger partial charge in [-0.05, 0) is 42.5 Å². The van der Waals surface area contributed by atoms with E-state index < -0.39 is 0 Å². The van der Waals surface area contributed by atoms with E-state index in [1.165, 1.54) is 0 Å². The molecule has 1 aromatic heterocycles. The Balaban J connectivity index is 1.84. The van der Waals surface area contributed by atoms with Crippen LogP contribution in [0.15, 0.2) is 30.5 Å². The molecule has 1 aromatic carbocycles. The number of carbonyl (C=O) groups excluding carboxylic acids is 1. The van der Waals surface area contributed by atoms with Gasteiger partial charge in [0.05, 0.1) is 7.11 Å². The van der Waals surface area contributed by atoms with E-state index in [-0.39, 0.29) is 11.9 Å². The van der Waals surface area contributed by atoms with Gasteiger partial charge in [0.15, 0.2) is 0 Å². The van der Waals surface area contributed by atoms with Gasteiger partial charge in [0.1, 0.15) is 11.3 Å². The minimum absolute atomic E-state index is 0.153. The first-order chi connectivity index (χ1) is 12.5. The van der Waals surface area contributed by atoms with Crippen LogP contribution in [-0.4, -0.2) is 37.1 Å². The third kappa shape index (κ3) is 4.09. The second-order valence-electron chi connectivity index (χ2n) is 7.79. The van der Waals surface area contributed by atoms with Crippen LogP contribution in [0.3, 0.4) is 0 Å². The molecule has 1 N–H and O–H groups in total. The van der Waals surface area contributed by atoms with Crippen molar-refractivity contribution in [2.75, 3.05) is 25.1 Å². The summed E-state index contributed by atoms with van der Waals surface area (Å²) in [4.78, 5) is 19.1. The maximum absolute atomic E-state index is 12.2. The second kappa shape index (κ2) is 7.94. The van der Waals surface area contributed by atoms with E-state index in [0.29, 0.717) is 18.3 Å². The van der Waals surface area contributed by atoms with Crippen LogP contribution in [0.25, 0.3) is 10.9 Å². The molecule has 140 valence electrons. The van der Waals surface area contributed by atoms with Crippen LogP contribution < -0.4 is 15.0 Å². The summed E-state index contributed by atoms with van der Waals surface area (Å²) in [6, 6.07) is 8.31. The first-order valence-electron chi connectivity index (χ1n) is 9.44. The van der Waals surface area contributed by atoms with E-state index in [2.05, 4.69) is 48.1 Å². The number of nitrogens with zero attached hydrogens (tertiary/aromatic N) is 2. The molecule has 0 bridgehead atoms. The Morgan fingerprint density at radius 2 is 2.15 bits per heavy atom. The third-order valence-electron chi connectivity index (χ3n) is 4.89. The minimum atomic E-state index is 0.153. The number of nitrogens with one attached hydrogen (secondary N) is 1. The Morgan fingerprint density at radius 3 is 2.88 bits per heavy atom. The van der Waals surface area contributed by atoms with E-state index in [4.69, 9.17) is 4.74 Å². The van der Waals surface area contributed by atoms with Crippen LogP contribution in [0.1, 0.15) is 33.6 Å². The first kappa shape index (κ1) is 18.5. The summed E-state index contributed by atoms with van der Waals surface area (Å²) in [5, 5.41) is 4.32. The van der Waals surface area contributed by atoms with Crippen LogP contribution in [0, 0.1) is 11.8 Å². The van der Waals surface area contributed by atoms with Gasteiger partial charge < -0.3 is 15.0 Å². The lowest BCUT2D eigenvalue weighted by Crippen LogP contribution is -2.50. The molecule has 5 heteroatoms. The number of ether oxygens (including phenoxy) is 1. The van der Waals surface area contributed by atoms with Gasteiger partial charge in [0, 0.05) is 42.8 Å². The quantitative estimate of drug-likeness (QED) is 0.890. The van der Waals surface area contributed by atoms with Gasteiger partial charge in [0.2, 0.25) is 5.91 Å². The molecular formula is C21H29N3O2. The summed E-state index contributed by atoms with van der Waals surface area (Å²) >= 11 is 0. The molecule has 2 atom stereocenters. The zero-order valence-electron chi connectivity index (χ0n) is 16.2. The van der Waals surface area contributed by atoms with Crippen molar-refractivity contribution in [1.82, 2.24) is 10.3 Å². The molecule has 2 aromatic rings. The maximum atomic E-state index is 12.2. The Hall–Kier alpha value is -2.30. The van der Waals surface area contributed by atoms with Crippen molar-refractivity contribution >= 4 is 22.5 Å². The number of carbonyl (C=O) groups is 1. The lowest BCUT2D eigenvalue weighted by atomic mass is 9.94. The highest BCUT2D eigenvalue weighted by Gasteiger charge is 2.27. The number of rotatable bonds is 5. The number of fused-ring (bicyclic) bond motifs is 1. The van der Waals surface area contributed by atoms with Gasteiger partial charge >= 0.3 is 0 Å². The third-order valence-corrected chi connectivity index (χ3v) is 4.89. The fraction of sp³-hybridized carbons (Fsp3) is 0.524. The molecular weight excluding hydrogens is 326 g/mol. The fourth-order valence-electron chi connectivity index (χ4n) is 3.88. The summed E-state index contributed by atoms with van der Waals surface area (Å²) < 4.78 is 5.46. The maximum Gasteiger partial charge on any atom is 0.220 e. The van der Waals surface area contributed by atoms with Crippen LogP contribution in [0.5, 0.6) is 5.75 Å². The molecule has 0 spiro atoms. The van der Waals surface area contributed by atoms with Gasteiger partial charge in [-0.2, -0.15) is 0 Å². The Labute approximate surface area is 155 Å². The Morgan fingerprint density at radius 1 is 1.35 bits per heavy atom. The molecule has 0 radical (unpaired) electrons. The van der Waals surface area contributed by atoms with Gasteiger partial charge in [0.25, 0.3) is 0 Å². The molecule has 5 nitrogen and oxygen atoms in total. The summed E-state index contributed by atoms with van der Waals surface area (Å²) in [5.74, 6) is 1.84. The number of amides is 1. The Bertz CT molecular complexity index is 775. The molecule has 1 amide bonds. The lowest BCUT2D eigenvalue weighted by molar-refractivity contribution is -0.122. The van der Waals surface area contributed by atoms with Crippen molar-refractivity contribution in [3.8, 4) is 5.75 Å². The summed E-state index contributed by atoms with van der Waals surface area (Å²) in [6.07, 6.45) is 3.40. The second-order valence-corrected chi connectivity index (χ2v) is 7.79. The average Bonchev–Trinajstić information content (AvgIpc) is 2.59. The van der Waals surface area contributed by atoms with Gasteiger partial charge in [-0.1, -0.05) is 20.8 Å². The number of hydrogen-bond acceptors (Lipinski definition) is 4. The smallest absolute Gasteiger partial charge is 0.220 e. The first-order valence-corrected chi connectivity index (χ1v) is 9.44. The molecule has 0 saturated carbocycles. The zero-order chi connectivity index (χ0) is 18.7. The molecule has 1 saturated heterocycles. The SMILES string of the molecule is COc1ccc(N2CC(C)CC(NC(=O)CC(C)C)C2)c2cccnc12. The molecule has 2 heterocycles. The fourth-order valence-corrected chi connectivity index (χ4v) is 3.88. The predicted molar refractivity (Wildman–Crippen MR) is 106 cm³/mol. The van der Waals surface area contributed by atoms with Crippen molar-refractivity contribution in [2.45, 2.75) is 39.7 Å². The van der Waals surface area contributed by atoms with Gasteiger partial charge in [-0.25, -0.2) is 0 Å². The molecule has 1 aliphatic heterocycles. The van der Waals surface area contributed by atoms with Gasteiger partial charge in [-0.15, -0.1) is 0 Å². The molecule has 2 unspecified atom stereocenters. The standard InChI is InChI=1S/C21H29N3O2/c1-14(2)10-20(25)23-16-11-15(3)12-24(13-16)18-7-8-19(26-4)21-17(18)6-5-9-22-21/h5-9,14-16H,10-13H2,1-4H3,(H,23,25). The average molecular weight is 355 g/mol. The topological polar surface area (TPSA) is 54.5 Å². The summed E-state index contributed by atoms with van der Waals surface area (Å²) in [6.45, 7) is 8.20. The van der Waals surface area contributed by atoms with Gasteiger partial charge in [-0.3, -0.25) is 9.78 Å². The van der Waals surface area contributed by atoms with Crippen molar-refractivity contribution < 1.29 is 9.53 Å². The van der Waals surface area contributed by atoms with Crippen molar-refractivity contribution in [3.05, 3.63) is 30.5 Å². The number of aromatic nitrogens is 1. The van der Waals surface area contributed by atoms with E-state index in [0.717, 1.165) is 41.9 Å². The van der Waals surface area contributed by atoms with Crippen LogP contribution in [-0.2, 0) is 4.79 Å². The van der Waals surface area contributed by atoms with E-state index >= 15 is 0 Å².